The van der Waals surface area contributed by atoms with Crippen LogP contribution in [0, 0.1) is 0 Å². The van der Waals surface area contributed by atoms with Crippen molar-refractivity contribution < 1.29 is 14.6 Å². The first-order valence-electron chi connectivity index (χ1n) is 8.38. The number of rotatable bonds is 6. The van der Waals surface area contributed by atoms with Crippen LogP contribution < -0.4 is 4.74 Å². The van der Waals surface area contributed by atoms with Gasteiger partial charge in [0.05, 0.1) is 31.6 Å². The fraction of sp³-hybridized carbons (Fsp3) is 0.500. The summed E-state index contributed by atoms with van der Waals surface area (Å²) in [5, 5.41) is 14.2. The first kappa shape index (κ1) is 14.7. The fourth-order valence-corrected chi connectivity index (χ4v) is 3.14. The van der Waals surface area contributed by atoms with Crippen LogP contribution in [-0.4, -0.2) is 33.7 Å². The molecule has 2 fully saturated rings. The molecule has 0 radical (unpaired) electrons. The molecule has 0 amide bonds. The monoisotopic (exact) mass is 314 g/mol. The van der Waals surface area contributed by atoms with Gasteiger partial charge >= 0.3 is 0 Å². The molecule has 1 aliphatic carbocycles. The molecule has 2 aromatic rings. The maximum atomic E-state index is 9.55. The van der Waals surface area contributed by atoms with E-state index in [-0.39, 0.29) is 12.7 Å². The van der Waals surface area contributed by atoms with Gasteiger partial charge in [-0.25, -0.2) is 0 Å². The summed E-state index contributed by atoms with van der Waals surface area (Å²) in [5.41, 5.74) is 2.78. The lowest BCUT2D eigenvalue weighted by Gasteiger charge is -2.16. The first-order chi connectivity index (χ1) is 11.3. The van der Waals surface area contributed by atoms with Gasteiger partial charge in [-0.2, -0.15) is 5.10 Å². The van der Waals surface area contributed by atoms with Crippen LogP contribution in [0.2, 0.25) is 0 Å². The van der Waals surface area contributed by atoms with Crippen LogP contribution in [0.15, 0.2) is 30.5 Å². The van der Waals surface area contributed by atoms with Crippen molar-refractivity contribution in [1.29, 1.82) is 0 Å². The SMILES string of the molecule is OCc1ccc(-c2ccn(CC3CO3)n2)cc1OC1CCCC1. The maximum Gasteiger partial charge on any atom is 0.125 e. The zero-order chi connectivity index (χ0) is 15.6. The molecule has 23 heavy (non-hydrogen) atoms. The average Bonchev–Trinajstić information content (AvgIpc) is 3.03. The summed E-state index contributed by atoms with van der Waals surface area (Å²) in [4.78, 5) is 0. The minimum atomic E-state index is -0.00417. The highest BCUT2D eigenvalue weighted by molar-refractivity contribution is 5.62. The second-order valence-corrected chi connectivity index (χ2v) is 6.38. The van der Waals surface area contributed by atoms with Gasteiger partial charge in [0.2, 0.25) is 0 Å². The number of aliphatic hydroxyl groups is 1. The Morgan fingerprint density at radius 1 is 1.26 bits per heavy atom. The van der Waals surface area contributed by atoms with Crippen molar-refractivity contribution in [3.05, 3.63) is 36.0 Å². The molecule has 1 saturated heterocycles. The molecule has 2 heterocycles. The Labute approximate surface area is 135 Å². The third-order valence-electron chi connectivity index (χ3n) is 4.56. The number of ether oxygens (including phenoxy) is 2. The number of hydrogen-bond acceptors (Lipinski definition) is 4. The van der Waals surface area contributed by atoms with Crippen molar-refractivity contribution >= 4 is 0 Å². The minimum Gasteiger partial charge on any atom is -0.490 e. The zero-order valence-corrected chi connectivity index (χ0v) is 13.1. The Morgan fingerprint density at radius 2 is 2.09 bits per heavy atom. The Bertz CT molecular complexity index is 673. The van der Waals surface area contributed by atoms with Gasteiger partial charge in [0.15, 0.2) is 0 Å². The molecule has 0 bridgehead atoms. The Kier molecular flexibility index (Phi) is 4.06. The van der Waals surface area contributed by atoms with Gasteiger partial charge < -0.3 is 14.6 Å². The largest absolute Gasteiger partial charge is 0.490 e. The van der Waals surface area contributed by atoms with Crippen LogP contribution in [0.1, 0.15) is 31.2 Å². The lowest BCUT2D eigenvalue weighted by Crippen LogP contribution is -2.12. The molecular formula is C18H22N2O3. The summed E-state index contributed by atoms with van der Waals surface area (Å²) < 4.78 is 13.3. The van der Waals surface area contributed by atoms with E-state index in [1.165, 1.54) is 12.8 Å². The van der Waals surface area contributed by atoms with Gasteiger partial charge in [0.1, 0.15) is 11.9 Å². The molecule has 1 saturated carbocycles. The van der Waals surface area contributed by atoms with Crippen LogP contribution in [0.5, 0.6) is 5.75 Å². The summed E-state index contributed by atoms with van der Waals surface area (Å²) in [7, 11) is 0. The van der Waals surface area contributed by atoms with Crippen molar-refractivity contribution in [3.63, 3.8) is 0 Å². The lowest BCUT2D eigenvalue weighted by molar-refractivity contribution is 0.199. The standard InChI is InChI=1S/C18H22N2O3/c21-11-14-6-5-13(9-18(14)23-15-3-1-2-4-15)17-7-8-20(19-17)10-16-12-22-16/h5-9,15-16,21H,1-4,10-12H2. The van der Waals surface area contributed by atoms with Crippen molar-refractivity contribution in [2.24, 2.45) is 0 Å². The van der Waals surface area contributed by atoms with Gasteiger partial charge in [-0.3, -0.25) is 4.68 Å². The molecule has 1 N–H and O–H groups in total. The molecule has 4 rings (SSSR count). The minimum absolute atomic E-state index is 0.00417. The molecular weight excluding hydrogens is 292 g/mol. The van der Waals surface area contributed by atoms with Gasteiger partial charge in [0, 0.05) is 17.3 Å². The van der Waals surface area contributed by atoms with Crippen molar-refractivity contribution in [3.8, 4) is 17.0 Å². The van der Waals surface area contributed by atoms with Gasteiger partial charge in [-0.1, -0.05) is 12.1 Å². The van der Waals surface area contributed by atoms with E-state index in [4.69, 9.17) is 9.47 Å². The number of epoxide rings is 1. The van der Waals surface area contributed by atoms with E-state index in [0.717, 1.165) is 48.6 Å². The van der Waals surface area contributed by atoms with Crippen molar-refractivity contribution in [2.75, 3.05) is 6.61 Å². The van der Waals surface area contributed by atoms with E-state index >= 15 is 0 Å². The number of aliphatic hydroxyl groups excluding tert-OH is 1. The van der Waals surface area contributed by atoms with Crippen LogP contribution in [-0.2, 0) is 17.9 Å². The van der Waals surface area contributed by atoms with E-state index in [1.54, 1.807) is 0 Å². The number of benzene rings is 1. The van der Waals surface area contributed by atoms with Crippen LogP contribution in [0.4, 0.5) is 0 Å². The highest BCUT2D eigenvalue weighted by Gasteiger charge is 2.23. The maximum absolute atomic E-state index is 9.55. The number of aromatic nitrogens is 2. The lowest BCUT2D eigenvalue weighted by atomic mass is 10.1. The van der Waals surface area contributed by atoms with Crippen LogP contribution >= 0.6 is 0 Å². The van der Waals surface area contributed by atoms with E-state index in [0.29, 0.717) is 6.10 Å². The molecule has 1 aromatic carbocycles. The molecule has 122 valence electrons. The van der Waals surface area contributed by atoms with Gasteiger partial charge in [-0.05, 0) is 37.8 Å². The highest BCUT2D eigenvalue weighted by atomic mass is 16.6. The second kappa shape index (κ2) is 6.34. The second-order valence-electron chi connectivity index (χ2n) is 6.38. The average molecular weight is 314 g/mol. The summed E-state index contributed by atoms with van der Waals surface area (Å²) >= 11 is 0. The summed E-state index contributed by atoms with van der Waals surface area (Å²) in [6.45, 7) is 1.63. The Hall–Kier alpha value is -1.85. The van der Waals surface area contributed by atoms with Crippen molar-refractivity contribution in [2.45, 2.75) is 51.0 Å². The first-order valence-corrected chi connectivity index (χ1v) is 8.38. The van der Waals surface area contributed by atoms with Crippen LogP contribution in [0.3, 0.4) is 0 Å². The summed E-state index contributed by atoms with van der Waals surface area (Å²) in [5.74, 6) is 0.789. The fourth-order valence-electron chi connectivity index (χ4n) is 3.14. The van der Waals surface area contributed by atoms with E-state index in [9.17, 15) is 5.11 Å². The van der Waals surface area contributed by atoms with E-state index in [1.807, 2.05) is 35.1 Å². The molecule has 0 spiro atoms. The molecule has 5 heteroatoms. The molecule has 5 nitrogen and oxygen atoms in total. The molecule has 1 aliphatic heterocycles. The number of nitrogens with zero attached hydrogens (tertiary/aromatic N) is 2. The predicted octanol–water partition coefficient (Wildman–Crippen LogP) is 2.76. The topological polar surface area (TPSA) is 59.8 Å². The van der Waals surface area contributed by atoms with E-state index < -0.39 is 0 Å². The normalized spacial score (nSPS) is 20.8. The zero-order valence-electron chi connectivity index (χ0n) is 13.1. The molecule has 1 unspecified atom stereocenters. The van der Waals surface area contributed by atoms with Crippen LogP contribution in [0.25, 0.3) is 11.3 Å². The quantitative estimate of drug-likeness (QED) is 0.833. The van der Waals surface area contributed by atoms with Gasteiger partial charge in [-0.15, -0.1) is 0 Å². The summed E-state index contributed by atoms with van der Waals surface area (Å²) in [6.07, 6.45) is 7.24. The Morgan fingerprint density at radius 3 is 2.83 bits per heavy atom. The Balaban J connectivity index is 1.56. The molecule has 1 aromatic heterocycles. The highest BCUT2D eigenvalue weighted by Crippen LogP contribution is 2.30. The van der Waals surface area contributed by atoms with Crippen molar-refractivity contribution in [1.82, 2.24) is 9.78 Å². The smallest absolute Gasteiger partial charge is 0.125 e. The number of hydrogen-bond donors (Lipinski definition) is 1. The molecule has 2 aliphatic rings. The third kappa shape index (κ3) is 3.41. The van der Waals surface area contributed by atoms with Gasteiger partial charge in [0.25, 0.3) is 0 Å². The van der Waals surface area contributed by atoms with E-state index in [2.05, 4.69) is 5.10 Å². The summed E-state index contributed by atoms with van der Waals surface area (Å²) in [6, 6.07) is 7.94. The third-order valence-corrected chi connectivity index (χ3v) is 4.56. The molecule has 1 atom stereocenters. The predicted molar refractivity (Wildman–Crippen MR) is 86.2 cm³/mol.